The molecule has 0 aromatic carbocycles. The fraction of sp³-hybridized carbons (Fsp3) is 0.900. The van der Waals surface area contributed by atoms with Crippen molar-refractivity contribution in [3.8, 4) is 0 Å². The molecule has 94 valence electrons. The van der Waals surface area contributed by atoms with Gasteiger partial charge in [-0.15, -0.1) is 0 Å². The molecule has 4 atom stereocenters. The summed E-state index contributed by atoms with van der Waals surface area (Å²) in [6.07, 6.45) is 0. The van der Waals surface area contributed by atoms with Gasteiger partial charge in [0.25, 0.3) is 0 Å². The van der Waals surface area contributed by atoms with Crippen LogP contribution in [0.1, 0.15) is 27.7 Å². The Kier molecular flexibility index (Phi) is 2.64. The van der Waals surface area contributed by atoms with Gasteiger partial charge in [0.1, 0.15) is 16.8 Å². The van der Waals surface area contributed by atoms with E-state index in [1.165, 1.54) is 13.8 Å². The maximum Gasteiger partial charge on any atom is 0.354 e. The molecule has 6 heteroatoms. The van der Waals surface area contributed by atoms with Crippen molar-refractivity contribution in [2.75, 3.05) is 6.61 Å². The van der Waals surface area contributed by atoms with Gasteiger partial charge in [-0.25, -0.2) is 4.79 Å². The quantitative estimate of drug-likeness (QED) is 0.443. The van der Waals surface area contributed by atoms with Gasteiger partial charge in [0.05, 0.1) is 6.61 Å². The van der Waals surface area contributed by atoms with Crippen LogP contribution in [0, 0.1) is 0 Å². The van der Waals surface area contributed by atoms with E-state index < -0.39 is 35.0 Å². The van der Waals surface area contributed by atoms with E-state index in [0.717, 1.165) is 13.8 Å². The standard InChI is InChI=1S/C10H18O6/c1-7(13,5-11)9(3,14)10(4,15)8(2)6(12)16-8/h11,13-15H,5H2,1-4H3. The van der Waals surface area contributed by atoms with Gasteiger partial charge in [0, 0.05) is 0 Å². The summed E-state index contributed by atoms with van der Waals surface area (Å²) in [5, 5.41) is 39.2. The van der Waals surface area contributed by atoms with Crippen LogP contribution in [0.25, 0.3) is 0 Å². The Balaban J connectivity index is 3.13. The molecule has 4 unspecified atom stereocenters. The van der Waals surface area contributed by atoms with Crippen LogP contribution in [0.15, 0.2) is 0 Å². The highest BCUT2D eigenvalue weighted by atomic mass is 16.7. The molecule has 0 bridgehead atoms. The third-order valence-corrected chi connectivity index (χ3v) is 3.88. The molecule has 0 aromatic rings. The summed E-state index contributed by atoms with van der Waals surface area (Å²) in [7, 11) is 0. The van der Waals surface area contributed by atoms with E-state index in [9.17, 15) is 20.1 Å². The summed E-state index contributed by atoms with van der Waals surface area (Å²) in [4.78, 5) is 11.1. The van der Waals surface area contributed by atoms with E-state index in [1.807, 2.05) is 0 Å². The predicted octanol–water partition coefficient (Wildman–Crippen LogP) is -1.45. The Morgan fingerprint density at radius 3 is 1.88 bits per heavy atom. The van der Waals surface area contributed by atoms with Crippen molar-refractivity contribution in [3.05, 3.63) is 0 Å². The van der Waals surface area contributed by atoms with E-state index in [1.54, 1.807) is 0 Å². The number of cyclic esters (lactones) is 1. The summed E-state index contributed by atoms with van der Waals surface area (Å²) < 4.78 is 4.65. The molecule has 0 aliphatic carbocycles. The second-order valence-corrected chi connectivity index (χ2v) is 5.00. The first-order valence-electron chi connectivity index (χ1n) is 4.95. The Labute approximate surface area is 93.5 Å². The Hall–Kier alpha value is -0.690. The highest BCUT2D eigenvalue weighted by Gasteiger charge is 2.74. The molecule has 1 aliphatic heterocycles. The summed E-state index contributed by atoms with van der Waals surface area (Å²) in [6.45, 7) is 4.04. The molecule has 0 aromatic heterocycles. The maximum atomic E-state index is 11.1. The summed E-state index contributed by atoms with van der Waals surface area (Å²) in [5.41, 5.74) is -7.67. The van der Waals surface area contributed by atoms with Gasteiger partial charge >= 0.3 is 5.97 Å². The van der Waals surface area contributed by atoms with Gasteiger partial charge < -0.3 is 25.2 Å². The largest absolute Gasteiger partial charge is 0.441 e. The van der Waals surface area contributed by atoms with Crippen LogP contribution in [0.2, 0.25) is 0 Å². The van der Waals surface area contributed by atoms with Crippen LogP contribution < -0.4 is 0 Å². The minimum atomic E-state index is -2.12. The first kappa shape index (κ1) is 13.4. The summed E-state index contributed by atoms with van der Waals surface area (Å²) in [6, 6.07) is 0. The van der Waals surface area contributed by atoms with Gasteiger partial charge in [0.15, 0.2) is 0 Å². The van der Waals surface area contributed by atoms with Crippen LogP contribution in [-0.2, 0) is 9.53 Å². The average Bonchev–Trinajstić information content (AvgIpc) is 2.76. The van der Waals surface area contributed by atoms with Crippen LogP contribution >= 0.6 is 0 Å². The molecule has 4 N–H and O–H groups in total. The van der Waals surface area contributed by atoms with E-state index in [-0.39, 0.29) is 0 Å². The van der Waals surface area contributed by atoms with Crippen LogP contribution in [0.3, 0.4) is 0 Å². The number of ether oxygens (including phenoxy) is 1. The maximum absolute atomic E-state index is 11.1. The molecule has 1 heterocycles. The highest BCUT2D eigenvalue weighted by molar-refractivity contribution is 5.94. The van der Waals surface area contributed by atoms with Crippen molar-refractivity contribution < 1.29 is 30.0 Å². The number of epoxide rings is 1. The zero-order valence-electron chi connectivity index (χ0n) is 9.81. The number of rotatable bonds is 4. The second kappa shape index (κ2) is 3.16. The van der Waals surface area contributed by atoms with Crippen molar-refractivity contribution >= 4 is 5.97 Å². The zero-order chi connectivity index (χ0) is 13.0. The first-order valence-corrected chi connectivity index (χ1v) is 4.95. The number of carbonyl (C=O) groups is 1. The van der Waals surface area contributed by atoms with Crippen molar-refractivity contribution in [2.24, 2.45) is 0 Å². The van der Waals surface area contributed by atoms with E-state index in [4.69, 9.17) is 5.11 Å². The number of aliphatic hydroxyl groups is 4. The Morgan fingerprint density at radius 2 is 1.62 bits per heavy atom. The molecule has 1 fully saturated rings. The molecular formula is C10H18O6. The monoisotopic (exact) mass is 234 g/mol. The molecule has 1 rings (SSSR count). The molecule has 0 amide bonds. The zero-order valence-corrected chi connectivity index (χ0v) is 9.81. The number of hydrogen-bond acceptors (Lipinski definition) is 6. The third kappa shape index (κ3) is 1.37. The first-order chi connectivity index (χ1) is 6.94. The molecular weight excluding hydrogens is 216 g/mol. The number of aliphatic hydroxyl groups excluding tert-OH is 1. The topological polar surface area (TPSA) is 111 Å². The van der Waals surface area contributed by atoms with Gasteiger partial charge in [-0.1, -0.05) is 0 Å². The predicted molar refractivity (Wildman–Crippen MR) is 53.5 cm³/mol. The average molecular weight is 234 g/mol. The summed E-state index contributed by atoms with van der Waals surface area (Å²) in [5.74, 6) is -0.661. The van der Waals surface area contributed by atoms with Crippen LogP contribution in [-0.4, -0.2) is 55.4 Å². The van der Waals surface area contributed by atoms with E-state index >= 15 is 0 Å². The molecule has 1 aliphatic rings. The van der Waals surface area contributed by atoms with E-state index in [2.05, 4.69) is 4.74 Å². The number of carbonyl (C=O) groups excluding carboxylic acids is 1. The smallest absolute Gasteiger partial charge is 0.354 e. The minimum absolute atomic E-state index is 0.661. The molecule has 1 saturated heterocycles. The number of hydrogen-bond donors (Lipinski definition) is 4. The third-order valence-electron chi connectivity index (χ3n) is 3.88. The van der Waals surface area contributed by atoms with Gasteiger partial charge in [-0.3, -0.25) is 0 Å². The lowest BCUT2D eigenvalue weighted by Crippen LogP contribution is -2.70. The lowest BCUT2D eigenvalue weighted by molar-refractivity contribution is -0.252. The van der Waals surface area contributed by atoms with Crippen LogP contribution in [0.5, 0.6) is 0 Å². The lowest BCUT2D eigenvalue weighted by Gasteiger charge is -2.47. The minimum Gasteiger partial charge on any atom is -0.441 e. The highest BCUT2D eigenvalue weighted by Crippen LogP contribution is 2.48. The Morgan fingerprint density at radius 1 is 1.25 bits per heavy atom. The van der Waals surface area contributed by atoms with Crippen molar-refractivity contribution in [1.82, 2.24) is 0 Å². The second-order valence-electron chi connectivity index (χ2n) is 5.00. The van der Waals surface area contributed by atoms with Crippen molar-refractivity contribution in [2.45, 2.75) is 50.1 Å². The molecule has 6 nitrogen and oxygen atoms in total. The fourth-order valence-corrected chi connectivity index (χ4v) is 1.60. The molecule has 0 saturated carbocycles. The summed E-state index contributed by atoms with van der Waals surface area (Å²) >= 11 is 0. The van der Waals surface area contributed by atoms with Gasteiger partial charge in [0.2, 0.25) is 5.60 Å². The van der Waals surface area contributed by atoms with Crippen LogP contribution in [0.4, 0.5) is 0 Å². The van der Waals surface area contributed by atoms with Crippen molar-refractivity contribution in [3.63, 3.8) is 0 Å². The Bertz CT molecular complexity index is 319. The fourth-order valence-electron chi connectivity index (χ4n) is 1.60. The molecule has 16 heavy (non-hydrogen) atoms. The molecule has 0 radical (unpaired) electrons. The normalized spacial score (nSPS) is 35.6. The van der Waals surface area contributed by atoms with Crippen molar-refractivity contribution in [1.29, 1.82) is 0 Å². The van der Waals surface area contributed by atoms with Gasteiger partial charge in [-0.2, -0.15) is 0 Å². The van der Waals surface area contributed by atoms with Gasteiger partial charge in [-0.05, 0) is 27.7 Å². The van der Waals surface area contributed by atoms with E-state index in [0.29, 0.717) is 0 Å². The SMILES string of the molecule is CC(O)(CO)C(C)(O)C(C)(O)C1(C)OC1=O. The molecule has 0 spiro atoms. The lowest BCUT2D eigenvalue weighted by atomic mass is 9.68.